The van der Waals surface area contributed by atoms with Crippen LogP contribution in [0.3, 0.4) is 0 Å². The maximum atomic E-state index is 14.1. The second-order valence-corrected chi connectivity index (χ2v) is 5.79. The molecule has 0 unspecified atom stereocenters. The summed E-state index contributed by atoms with van der Waals surface area (Å²) in [6, 6.07) is -3.13. The maximum Gasteiger partial charge on any atom is 0.460 e. The highest BCUT2D eigenvalue weighted by Gasteiger charge is 2.91. The summed E-state index contributed by atoms with van der Waals surface area (Å²) in [5.74, 6) is -37.0. The van der Waals surface area contributed by atoms with Gasteiger partial charge in [-0.1, -0.05) is 6.92 Å². The first-order valence-electron chi connectivity index (χ1n) is 7.40. The van der Waals surface area contributed by atoms with E-state index in [-0.39, 0.29) is 6.42 Å². The maximum absolute atomic E-state index is 14.1. The molecule has 170 valence electrons. The molecule has 0 heterocycles. The van der Waals surface area contributed by atoms with Crippen LogP contribution in [0.5, 0.6) is 0 Å². The molecule has 0 aliphatic carbocycles. The standard InChI is InChI=1S/C13H16F13NO/c1-4-5-27-7(6(2)28-3)8(14,15)9(16,17)10(18,19)11(20,21)12(22,23)13(24,25)26/h6-7,27H,4-5H2,1-3H3/t6-,7+/m0/s1. The van der Waals surface area contributed by atoms with Gasteiger partial charge in [0.25, 0.3) is 0 Å². The highest BCUT2D eigenvalue weighted by atomic mass is 19.4. The number of rotatable bonds is 10. The molecule has 0 aliphatic rings. The van der Waals surface area contributed by atoms with Crippen molar-refractivity contribution in [2.24, 2.45) is 0 Å². The Bertz CT molecular complexity index is 517. The Hall–Kier alpha value is -0.990. The Labute approximate surface area is 150 Å². The van der Waals surface area contributed by atoms with Crippen molar-refractivity contribution in [2.45, 2.75) is 68.2 Å². The van der Waals surface area contributed by atoms with E-state index in [4.69, 9.17) is 0 Å². The van der Waals surface area contributed by atoms with Crippen LogP contribution in [0.25, 0.3) is 0 Å². The molecule has 1 N–H and O–H groups in total. The van der Waals surface area contributed by atoms with Crippen molar-refractivity contribution in [1.82, 2.24) is 5.32 Å². The van der Waals surface area contributed by atoms with Crippen molar-refractivity contribution in [3.63, 3.8) is 0 Å². The number of hydrogen-bond donors (Lipinski definition) is 1. The molecule has 0 rings (SSSR count). The Morgan fingerprint density at radius 3 is 1.43 bits per heavy atom. The van der Waals surface area contributed by atoms with Crippen molar-refractivity contribution >= 4 is 0 Å². The monoisotopic (exact) mass is 449 g/mol. The van der Waals surface area contributed by atoms with E-state index in [9.17, 15) is 57.1 Å². The van der Waals surface area contributed by atoms with Crippen LogP contribution in [-0.4, -0.2) is 61.6 Å². The van der Waals surface area contributed by atoms with Crippen molar-refractivity contribution in [2.75, 3.05) is 13.7 Å². The first kappa shape index (κ1) is 27.0. The molecule has 0 aromatic carbocycles. The number of alkyl halides is 13. The van der Waals surface area contributed by atoms with Crippen molar-refractivity contribution in [3.8, 4) is 0 Å². The minimum Gasteiger partial charge on any atom is -0.380 e. The minimum atomic E-state index is -7.91. The van der Waals surface area contributed by atoms with Gasteiger partial charge in [-0.05, 0) is 19.9 Å². The van der Waals surface area contributed by atoms with Crippen LogP contribution >= 0.6 is 0 Å². The van der Waals surface area contributed by atoms with Gasteiger partial charge in [0.15, 0.2) is 0 Å². The molecule has 0 radical (unpaired) electrons. The van der Waals surface area contributed by atoms with Gasteiger partial charge >= 0.3 is 35.8 Å². The lowest BCUT2D eigenvalue weighted by molar-refractivity contribution is -0.442. The molecule has 0 aromatic heterocycles. The molecule has 15 heteroatoms. The van der Waals surface area contributed by atoms with Gasteiger partial charge < -0.3 is 10.1 Å². The largest absolute Gasteiger partial charge is 0.460 e. The van der Waals surface area contributed by atoms with Crippen LogP contribution < -0.4 is 5.32 Å². The molecule has 2 atom stereocenters. The molecular weight excluding hydrogens is 433 g/mol. The number of halogens is 13. The average molecular weight is 449 g/mol. The lowest BCUT2D eigenvalue weighted by Gasteiger charge is -2.42. The molecule has 0 amide bonds. The summed E-state index contributed by atoms with van der Waals surface area (Å²) < 4.78 is 175. The Morgan fingerprint density at radius 2 is 1.11 bits per heavy atom. The van der Waals surface area contributed by atoms with E-state index in [0.29, 0.717) is 14.0 Å². The fourth-order valence-corrected chi connectivity index (χ4v) is 2.00. The van der Waals surface area contributed by atoms with Crippen LogP contribution in [0.2, 0.25) is 0 Å². The molecule has 0 aliphatic heterocycles. The van der Waals surface area contributed by atoms with Gasteiger partial charge in [0.05, 0.1) is 6.10 Å². The molecule has 0 aromatic rings. The third-order valence-electron chi connectivity index (χ3n) is 3.80. The number of ether oxygens (including phenoxy) is 1. The van der Waals surface area contributed by atoms with E-state index in [1.807, 2.05) is 0 Å². The molecular formula is C13H16F13NO. The van der Waals surface area contributed by atoms with Gasteiger partial charge in [0, 0.05) is 7.11 Å². The van der Waals surface area contributed by atoms with Crippen molar-refractivity contribution in [3.05, 3.63) is 0 Å². The van der Waals surface area contributed by atoms with Gasteiger partial charge in [-0.3, -0.25) is 0 Å². The fourth-order valence-electron chi connectivity index (χ4n) is 2.00. The zero-order chi connectivity index (χ0) is 23.0. The first-order valence-corrected chi connectivity index (χ1v) is 7.40. The minimum absolute atomic E-state index is 0.0483. The first-order chi connectivity index (χ1) is 12.2. The SMILES string of the molecule is CCCN[C@H]([C@H](C)OC)C(F)(F)C(F)(F)C(F)(F)C(F)(F)C(F)(F)C(F)(F)F. The quantitative estimate of drug-likeness (QED) is 0.467. The van der Waals surface area contributed by atoms with E-state index >= 15 is 0 Å². The molecule has 2 nitrogen and oxygen atoms in total. The van der Waals surface area contributed by atoms with Crippen LogP contribution in [0, 0.1) is 0 Å². The fraction of sp³-hybridized carbons (Fsp3) is 1.00. The van der Waals surface area contributed by atoms with E-state index in [1.54, 1.807) is 5.32 Å². The molecule has 0 fully saturated rings. The highest BCUT2D eigenvalue weighted by Crippen LogP contribution is 2.60. The summed E-state index contributed by atoms with van der Waals surface area (Å²) in [6.45, 7) is 1.40. The molecule has 0 saturated heterocycles. The summed E-state index contributed by atoms with van der Waals surface area (Å²) in [6.07, 6.45) is -9.53. The highest BCUT2D eigenvalue weighted by molar-refractivity contribution is 5.13. The Balaban J connectivity index is 6.42. The predicted molar refractivity (Wildman–Crippen MR) is 69.3 cm³/mol. The van der Waals surface area contributed by atoms with Crippen LogP contribution in [0.4, 0.5) is 57.1 Å². The normalized spacial score (nSPS) is 17.6. The third-order valence-corrected chi connectivity index (χ3v) is 3.80. The van der Waals surface area contributed by atoms with Crippen LogP contribution in [-0.2, 0) is 4.74 Å². The second-order valence-electron chi connectivity index (χ2n) is 5.79. The number of methoxy groups -OCH3 is 1. The molecule has 0 saturated carbocycles. The summed E-state index contributed by atoms with van der Waals surface area (Å²) in [5.41, 5.74) is 0. The smallest absolute Gasteiger partial charge is 0.380 e. The second kappa shape index (κ2) is 8.03. The zero-order valence-electron chi connectivity index (χ0n) is 14.4. The van der Waals surface area contributed by atoms with E-state index in [2.05, 4.69) is 4.74 Å². The van der Waals surface area contributed by atoms with Gasteiger partial charge in [-0.2, -0.15) is 57.1 Å². The predicted octanol–water partition coefficient (Wildman–Crippen LogP) is 5.13. The van der Waals surface area contributed by atoms with Crippen LogP contribution in [0.1, 0.15) is 20.3 Å². The summed E-state index contributed by atoms with van der Waals surface area (Å²) >= 11 is 0. The summed E-state index contributed by atoms with van der Waals surface area (Å²) in [7, 11) is 0.657. The van der Waals surface area contributed by atoms with Crippen LogP contribution in [0.15, 0.2) is 0 Å². The third kappa shape index (κ3) is 4.00. The molecule has 28 heavy (non-hydrogen) atoms. The lowest BCUT2D eigenvalue weighted by Crippen LogP contribution is -2.73. The number of nitrogens with one attached hydrogen (secondary N) is 1. The van der Waals surface area contributed by atoms with Gasteiger partial charge in [0.1, 0.15) is 6.04 Å². The average Bonchev–Trinajstić information content (AvgIpc) is 2.52. The van der Waals surface area contributed by atoms with E-state index < -0.39 is 54.5 Å². The van der Waals surface area contributed by atoms with Gasteiger partial charge in [-0.25, -0.2) is 0 Å². The summed E-state index contributed by atoms with van der Waals surface area (Å²) in [4.78, 5) is 0. The van der Waals surface area contributed by atoms with Crippen molar-refractivity contribution in [1.29, 1.82) is 0 Å². The zero-order valence-corrected chi connectivity index (χ0v) is 14.4. The molecule has 0 bridgehead atoms. The molecule has 0 spiro atoms. The Morgan fingerprint density at radius 1 is 0.714 bits per heavy atom. The summed E-state index contributed by atoms with van der Waals surface area (Å²) in [5, 5.41) is 1.62. The lowest BCUT2D eigenvalue weighted by atomic mass is 9.89. The van der Waals surface area contributed by atoms with E-state index in [1.165, 1.54) is 6.92 Å². The van der Waals surface area contributed by atoms with Gasteiger partial charge in [0.2, 0.25) is 0 Å². The van der Waals surface area contributed by atoms with Crippen molar-refractivity contribution < 1.29 is 61.8 Å². The Kier molecular flexibility index (Phi) is 7.75. The topological polar surface area (TPSA) is 21.3 Å². The van der Waals surface area contributed by atoms with E-state index in [0.717, 1.165) is 0 Å². The van der Waals surface area contributed by atoms with Gasteiger partial charge in [-0.15, -0.1) is 0 Å². The number of hydrogen-bond acceptors (Lipinski definition) is 2.